The van der Waals surface area contributed by atoms with E-state index in [1.807, 2.05) is 0 Å². The first-order valence-electron chi connectivity index (χ1n) is 8.19. The maximum absolute atomic E-state index is 5.42. The van der Waals surface area contributed by atoms with Gasteiger partial charge in [-0.25, -0.2) is 9.97 Å². The van der Waals surface area contributed by atoms with Crippen molar-refractivity contribution in [3.8, 4) is 0 Å². The summed E-state index contributed by atoms with van der Waals surface area (Å²) in [5.74, 6) is 1.59. The minimum absolute atomic E-state index is 0.594. The van der Waals surface area contributed by atoms with Gasteiger partial charge in [0.25, 0.3) is 0 Å². The molecule has 0 bridgehead atoms. The molecule has 5 rings (SSSR count). The fraction of sp³-hybridized carbons (Fsp3) is 0.438. The van der Waals surface area contributed by atoms with Gasteiger partial charge in [0.2, 0.25) is 5.13 Å². The van der Waals surface area contributed by atoms with Crippen molar-refractivity contribution in [3.05, 3.63) is 24.0 Å². The second kappa shape index (κ2) is 5.94. The van der Waals surface area contributed by atoms with Crippen LogP contribution in [0.3, 0.4) is 0 Å². The van der Waals surface area contributed by atoms with E-state index in [4.69, 9.17) is 9.72 Å². The molecule has 3 heterocycles. The number of hydrogen-bond acceptors (Lipinski definition) is 8. The Bertz CT molecular complexity index is 866. The Morgan fingerprint density at radius 3 is 2.88 bits per heavy atom. The molecule has 6 nitrogen and oxygen atoms in total. The van der Waals surface area contributed by atoms with Crippen molar-refractivity contribution < 1.29 is 4.74 Å². The van der Waals surface area contributed by atoms with E-state index in [2.05, 4.69) is 37.8 Å². The molecule has 8 heteroatoms. The second-order valence-corrected chi connectivity index (χ2v) is 7.90. The summed E-state index contributed by atoms with van der Waals surface area (Å²) in [4.78, 5) is 11.6. The zero-order valence-corrected chi connectivity index (χ0v) is 14.7. The predicted octanol–water partition coefficient (Wildman–Crippen LogP) is 3.61. The fourth-order valence-corrected chi connectivity index (χ4v) is 4.52. The number of rotatable bonds is 4. The maximum Gasteiger partial charge on any atom is 0.207 e. The van der Waals surface area contributed by atoms with E-state index in [1.165, 1.54) is 29.1 Å². The Labute approximate surface area is 147 Å². The van der Waals surface area contributed by atoms with Crippen LogP contribution in [0, 0.1) is 0 Å². The van der Waals surface area contributed by atoms with Gasteiger partial charge in [-0.3, -0.25) is 0 Å². The molecule has 1 N–H and O–H groups in total. The molecule has 1 saturated heterocycles. The molecule has 3 aromatic rings. The number of anilines is 3. The van der Waals surface area contributed by atoms with Crippen LogP contribution in [0.25, 0.3) is 10.2 Å². The van der Waals surface area contributed by atoms with E-state index < -0.39 is 0 Å². The zero-order chi connectivity index (χ0) is 15.9. The van der Waals surface area contributed by atoms with Gasteiger partial charge in [0.05, 0.1) is 23.4 Å². The van der Waals surface area contributed by atoms with Crippen molar-refractivity contribution in [2.24, 2.45) is 0 Å². The summed E-state index contributed by atoms with van der Waals surface area (Å²) in [6.45, 7) is 3.39. The number of thiazole rings is 1. The lowest BCUT2D eigenvalue weighted by Gasteiger charge is -2.25. The van der Waals surface area contributed by atoms with E-state index in [0.29, 0.717) is 5.92 Å². The minimum atomic E-state index is 0.594. The van der Waals surface area contributed by atoms with E-state index in [1.54, 1.807) is 11.3 Å². The highest BCUT2D eigenvalue weighted by atomic mass is 32.1. The first kappa shape index (κ1) is 14.6. The predicted molar refractivity (Wildman–Crippen MR) is 97.8 cm³/mol. The van der Waals surface area contributed by atoms with Crippen LogP contribution >= 0.6 is 22.9 Å². The molecular formula is C16H17N5OS2. The van der Waals surface area contributed by atoms with E-state index in [9.17, 15) is 0 Å². The molecule has 24 heavy (non-hydrogen) atoms. The molecule has 0 spiro atoms. The summed E-state index contributed by atoms with van der Waals surface area (Å²) in [5.41, 5.74) is 2.08. The Hall–Kier alpha value is -1.77. The topological polar surface area (TPSA) is 63.2 Å². The number of ether oxygens (including phenoxy) is 1. The van der Waals surface area contributed by atoms with E-state index in [0.717, 1.165) is 53.6 Å². The fourth-order valence-electron chi connectivity index (χ4n) is 2.80. The van der Waals surface area contributed by atoms with Crippen LogP contribution in [0.1, 0.15) is 24.6 Å². The molecule has 1 aromatic carbocycles. The second-order valence-electron chi connectivity index (χ2n) is 6.14. The van der Waals surface area contributed by atoms with Gasteiger partial charge < -0.3 is 15.0 Å². The molecule has 2 aromatic heterocycles. The number of nitrogens with one attached hydrogen (secondary N) is 1. The summed E-state index contributed by atoms with van der Waals surface area (Å²) < 4.78 is 11.0. The van der Waals surface area contributed by atoms with Crippen LogP contribution in [0.2, 0.25) is 0 Å². The summed E-state index contributed by atoms with van der Waals surface area (Å²) in [6.07, 6.45) is 2.46. The van der Waals surface area contributed by atoms with Gasteiger partial charge in [-0.1, -0.05) is 11.3 Å². The average molecular weight is 359 g/mol. The largest absolute Gasteiger partial charge is 0.378 e. The smallest absolute Gasteiger partial charge is 0.207 e. The lowest BCUT2D eigenvalue weighted by Crippen LogP contribution is -2.36. The first-order valence-corrected chi connectivity index (χ1v) is 9.78. The van der Waals surface area contributed by atoms with Crippen LogP contribution in [0.15, 0.2) is 18.2 Å². The zero-order valence-electron chi connectivity index (χ0n) is 13.1. The van der Waals surface area contributed by atoms with E-state index in [-0.39, 0.29) is 0 Å². The van der Waals surface area contributed by atoms with Crippen LogP contribution in [-0.2, 0) is 4.74 Å². The van der Waals surface area contributed by atoms with Crippen LogP contribution < -0.4 is 10.2 Å². The molecule has 2 aliphatic rings. The molecular weight excluding hydrogens is 342 g/mol. The number of hydrogen-bond donors (Lipinski definition) is 1. The molecule has 0 atom stereocenters. The molecule has 0 radical (unpaired) electrons. The van der Waals surface area contributed by atoms with Crippen molar-refractivity contribution in [2.75, 3.05) is 36.5 Å². The number of morpholine rings is 1. The maximum atomic E-state index is 5.42. The highest BCUT2D eigenvalue weighted by Gasteiger charge is 2.27. The Morgan fingerprint density at radius 1 is 1.17 bits per heavy atom. The quantitative estimate of drug-likeness (QED) is 0.768. The van der Waals surface area contributed by atoms with Crippen LogP contribution in [0.5, 0.6) is 0 Å². The molecule has 2 fully saturated rings. The number of aromatic nitrogens is 3. The molecule has 0 amide bonds. The third-order valence-electron chi connectivity index (χ3n) is 4.29. The normalized spacial score (nSPS) is 18.2. The Kier molecular flexibility index (Phi) is 3.61. The summed E-state index contributed by atoms with van der Waals surface area (Å²) in [7, 11) is 0. The summed E-state index contributed by atoms with van der Waals surface area (Å²) in [5, 5.41) is 5.33. The third kappa shape index (κ3) is 2.85. The molecule has 1 aliphatic carbocycles. The van der Waals surface area contributed by atoms with Crippen molar-refractivity contribution in [3.63, 3.8) is 0 Å². The number of benzene rings is 1. The van der Waals surface area contributed by atoms with Gasteiger partial charge in [0.15, 0.2) is 5.13 Å². The van der Waals surface area contributed by atoms with Crippen molar-refractivity contribution >= 4 is 49.0 Å². The minimum Gasteiger partial charge on any atom is -0.378 e. The van der Waals surface area contributed by atoms with Crippen molar-refractivity contribution in [2.45, 2.75) is 18.8 Å². The van der Waals surface area contributed by atoms with Gasteiger partial charge in [-0.05, 0) is 31.0 Å². The standard InChI is InChI=1S/C16H17N5OS2/c1-2-10(1)14-19-15(24-20-14)17-11-3-4-12-13(9-11)23-16(18-12)21-5-7-22-8-6-21/h3-4,9-10H,1-2,5-8H2,(H,17,19,20). The summed E-state index contributed by atoms with van der Waals surface area (Å²) in [6, 6.07) is 6.28. The van der Waals surface area contributed by atoms with E-state index >= 15 is 0 Å². The third-order valence-corrected chi connectivity index (χ3v) is 6.02. The highest BCUT2D eigenvalue weighted by Crippen LogP contribution is 2.39. The number of fused-ring (bicyclic) bond motifs is 1. The van der Waals surface area contributed by atoms with Crippen molar-refractivity contribution in [1.29, 1.82) is 0 Å². The molecule has 0 unspecified atom stereocenters. The lowest BCUT2D eigenvalue weighted by atomic mass is 10.3. The monoisotopic (exact) mass is 359 g/mol. The molecule has 1 saturated carbocycles. The van der Waals surface area contributed by atoms with Gasteiger partial charge in [0.1, 0.15) is 5.82 Å². The first-order chi connectivity index (χ1) is 11.8. The number of nitrogens with zero attached hydrogens (tertiary/aromatic N) is 4. The lowest BCUT2D eigenvalue weighted by molar-refractivity contribution is 0.122. The Morgan fingerprint density at radius 2 is 2.04 bits per heavy atom. The molecule has 1 aliphatic heterocycles. The summed E-state index contributed by atoms with van der Waals surface area (Å²) >= 11 is 3.17. The van der Waals surface area contributed by atoms with Crippen LogP contribution in [0.4, 0.5) is 16.0 Å². The van der Waals surface area contributed by atoms with Gasteiger partial charge in [-0.2, -0.15) is 4.37 Å². The van der Waals surface area contributed by atoms with Gasteiger partial charge in [0, 0.05) is 36.2 Å². The average Bonchev–Trinajstić information content (AvgIpc) is 3.21. The van der Waals surface area contributed by atoms with Crippen LogP contribution in [-0.4, -0.2) is 40.6 Å². The van der Waals surface area contributed by atoms with Gasteiger partial charge in [-0.15, -0.1) is 0 Å². The highest BCUT2D eigenvalue weighted by molar-refractivity contribution is 7.22. The Balaban J connectivity index is 1.38. The van der Waals surface area contributed by atoms with Crippen molar-refractivity contribution in [1.82, 2.24) is 14.3 Å². The van der Waals surface area contributed by atoms with Gasteiger partial charge >= 0.3 is 0 Å². The molecule has 124 valence electrons. The SMILES string of the molecule is c1cc2nc(N3CCOCC3)sc2cc1Nc1nc(C2CC2)ns1.